The number of pyridine rings is 1. The molecule has 0 spiro atoms. The van der Waals surface area contributed by atoms with Crippen molar-refractivity contribution in [3.63, 3.8) is 0 Å². The van der Waals surface area contributed by atoms with Gasteiger partial charge >= 0.3 is 0 Å². The second-order valence-electron chi connectivity index (χ2n) is 5.56. The lowest BCUT2D eigenvalue weighted by atomic mass is 9.94. The van der Waals surface area contributed by atoms with Gasteiger partial charge in [0, 0.05) is 42.7 Å². The lowest BCUT2D eigenvalue weighted by Gasteiger charge is -2.33. The van der Waals surface area contributed by atoms with Crippen LogP contribution < -0.4 is 4.90 Å². The third-order valence-electron chi connectivity index (χ3n) is 3.89. The summed E-state index contributed by atoms with van der Waals surface area (Å²) in [4.78, 5) is 15.5. The van der Waals surface area contributed by atoms with Gasteiger partial charge in [-0.3, -0.25) is 4.98 Å². The van der Waals surface area contributed by atoms with Gasteiger partial charge in [0.15, 0.2) is 0 Å². The van der Waals surface area contributed by atoms with E-state index in [1.54, 1.807) is 6.33 Å². The van der Waals surface area contributed by atoms with Gasteiger partial charge in [0.2, 0.25) is 0 Å². The largest absolute Gasteiger partial charge is 0.356 e. The zero-order valence-corrected chi connectivity index (χ0v) is 12.1. The molecule has 20 heavy (non-hydrogen) atoms. The molecule has 0 aromatic carbocycles. The van der Waals surface area contributed by atoms with Crippen LogP contribution in [0.25, 0.3) is 0 Å². The summed E-state index contributed by atoms with van der Waals surface area (Å²) in [5, 5.41) is 0. The van der Waals surface area contributed by atoms with E-state index in [-0.39, 0.29) is 0 Å². The van der Waals surface area contributed by atoms with Crippen molar-refractivity contribution in [2.24, 2.45) is 0 Å². The summed E-state index contributed by atoms with van der Waals surface area (Å²) >= 11 is 0. The molecule has 0 N–H and O–H groups in total. The summed E-state index contributed by atoms with van der Waals surface area (Å²) in [5.41, 5.74) is 3.43. The van der Waals surface area contributed by atoms with Crippen LogP contribution in [-0.2, 0) is 0 Å². The maximum atomic E-state index is 4.59. The number of piperidine rings is 1. The smallest absolute Gasteiger partial charge is 0.132 e. The molecule has 1 atom stereocenters. The third-order valence-corrected chi connectivity index (χ3v) is 3.89. The van der Waals surface area contributed by atoms with Crippen molar-refractivity contribution in [3.05, 3.63) is 47.7 Å². The van der Waals surface area contributed by atoms with Gasteiger partial charge in [-0.1, -0.05) is 6.07 Å². The molecule has 3 heterocycles. The maximum Gasteiger partial charge on any atom is 0.132 e. The number of aromatic nitrogens is 3. The van der Waals surface area contributed by atoms with E-state index in [0.717, 1.165) is 24.6 Å². The minimum absolute atomic E-state index is 0.500. The Morgan fingerprint density at radius 3 is 2.80 bits per heavy atom. The molecule has 0 bridgehead atoms. The fourth-order valence-electron chi connectivity index (χ4n) is 2.76. The summed E-state index contributed by atoms with van der Waals surface area (Å²) < 4.78 is 0. The van der Waals surface area contributed by atoms with Gasteiger partial charge in [0.25, 0.3) is 0 Å². The van der Waals surface area contributed by atoms with E-state index in [0.29, 0.717) is 5.92 Å². The van der Waals surface area contributed by atoms with Crippen LogP contribution in [-0.4, -0.2) is 28.0 Å². The first kappa shape index (κ1) is 13.0. The highest BCUT2D eigenvalue weighted by molar-refractivity contribution is 5.40. The van der Waals surface area contributed by atoms with Gasteiger partial charge in [-0.05, 0) is 38.3 Å². The van der Waals surface area contributed by atoms with Crippen LogP contribution >= 0.6 is 0 Å². The number of aryl methyl sites for hydroxylation is 2. The first-order chi connectivity index (χ1) is 9.72. The molecule has 3 rings (SSSR count). The first-order valence-electron chi connectivity index (χ1n) is 7.18. The molecule has 0 unspecified atom stereocenters. The number of rotatable bonds is 2. The summed E-state index contributed by atoms with van der Waals surface area (Å²) in [6.45, 7) is 6.15. The molecule has 2 aromatic rings. The van der Waals surface area contributed by atoms with Crippen molar-refractivity contribution in [3.8, 4) is 0 Å². The van der Waals surface area contributed by atoms with Crippen molar-refractivity contribution >= 4 is 5.82 Å². The summed E-state index contributed by atoms with van der Waals surface area (Å²) in [6.07, 6.45) is 6.00. The highest BCUT2D eigenvalue weighted by Gasteiger charge is 2.23. The highest BCUT2D eigenvalue weighted by Crippen LogP contribution is 2.28. The topological polar surface area (TPSA) is 41.9 Å². The Kier molecular flexibility index (Phi) is 3.63. The fraction of sp³-hybridized carbons (Fsp3) is 0.438. The molecular weight excluding hydrogens is 248 g/mol. The Hall–Kier alpha value is -1.97. The van der Waals surface area contributed by atoms with E-state index >= 15 is 0 Å². The van der Waals surface area contributed by atoms with Crippen LogP contribution in [0.3, 0.4) is 0 Å². The average molecular weight is 268 g/mol. The summed E-state index contributed by atoms with van der Waals surface area (Å²) in [7, 11) is 0. The molecule has 0 saturated carbocycles. The van der Waals surface area contributed by atoms with Gasteiger partial charge in [0.05, 0.1) is 0 Å². The predicted octanol–water partition coefficient (Wildman–Crippen LogP) is 2.87. The van der Waals surface area contributed by atoms with Gasteiger partial charge in [-0.2, -0.15) is 0 Å². The van der Waals surface area contributed by atoms with E-state index in [1.165, 1.54) is 24.1 Å². The van der Waals surface area contributed by atoms with Crippen molar-refractivity contribution in [1.29, 1.82) is 0 Å². The molecule has 104 valence electrons. The molecule has 1 fully saturated rings. The van der Waals surface area contributed by atoms with Crippen molar-refractivity contribution in [2.45, 2.75) is 32.6 Å². The third kappa shape index (κ3) is 2.79. The SMILES string of the molecule is Cc1ccc([C@H]2CCCN(c3cc(C)ncn3)C2)nc1. The van der Waals surface area contributed by atoms with E-state index in [4.69, 9.17) is 0 Å². The molecule has 2 aromatic heterocycles. The lowest BCUT2D eigenvalue weighted by molar-refractivity contribution is 0.498. The van der Waals surface area contributed by atoms with Gasteiger partial charge in [-0.15, -0.1) is 0 Å². The van der Waals surface area contributed by atoms with Crippen LogP contribution in [0.4, 0.5) is 5.82 Å². The van der Waals surface area contributed by atoms with Gasteiger partial charge < -0.3 is 4.90 Å². The minimum atomic E-state index is 0.500. The average Bonchev–Trinajstić information content (AvgIpc) is 2.48. The van der Waals surface area contributed by atoms with E-state index in [9.17, 15) is 0 Å². The Morgan fingerprint density at radius 1 is 1.15 bits per heavy atom. The Labute approximate surface area is 119 Å². The van der Waals surface area contributed by atoms with Crippen LogP contribution in [0.5, 0.6) is 0 Å². The van der Waals surface area contributed by atoms with Crippen molar-refractivity contribution < 1.29 is 0 Å². The summed E-state index contributed by atoms with van der Waals surface area (Å²) in [6, 6.07) is 6.37. The first-order valence-corrected chi connectivity index (χ1v) is 7.18. The van der Waals surface area contributed by atoms with E-state index < -0.39 is 0 Å². The van der Waals surface area contributed by atoms with Gasteiger partial charge in [-0.25, -0.2) is 9.97 Å². The van der Waals surface area contributed by atoms with Crippen LogP contribution in [0.1, 0.15) is 35.7 Å². The number of anilines is 1. The number of hydrogen-bond acceptors (Lipinski definition) is 4. The quantitative estimate of drug-likeness (QED) is 0.840. The van der Waals surface area contributed by atoms with Crippen molar-refractivity contribution in [2.75, 3.05) is 18.0 Å². The normalized spacial score (nSPS) is 19.1. The molecule has 1 saturated heterocycles. The van der Waals surface area contributed by atoms with Gasteiger partial charge in [0.1, 0.15) is 12.1 Å². The Balaban J connectivity index is 1.78. The molecule has 1 aliphatic rings. The van der Waals surface area contributed by atoms with Crippen LogP contribution in [0.2, 0.25) is 0 Å². The monoisotopic (exact) mass is 268 g/mol. The van der Waals surface area contributed by atoms with E-state index in [2.05, 4.69) is 45.0 Å². The minimum Gasteiger partial charge on any atom is -0.356 e. The second kappa shape index (κ2) is 5.57. The Morgan fingerprint density at radius 2 is 2.05 bits per heavy atom. The lowest BCUT2D eigenvalue weighted by Crippen LogP contribution is -2.35. The number of nitrogens with zero attached hydrogens (tertiary/aromatic N) is 4. The standard InChI is InChI=1S/C16H20N4/c1-12-5-6-15(17-9-12)14-4-3-7-20(10-14)16-8-13(2)18-11-19-16/h5-6,8-9,11,14H,3-4,7,10H2,1-2H3/t14-/m0/s1. The van der Waals surface area contributed by atoms with Crippen molar-refractivity contribution in [1.82, 2.24) is 15.0 Å². The highest BCUT2D eigenvalue weighted by atomic mass is 15.2. The summed E-state index contributed by atoms with van der Waals surface area (Å²) in [5.74, 6) is 1.54. The van der Waals surface area contributed by atoms with Crippen LogP contribution in [0, 0.1) is 13.8 Å². The number of hydrogen-bond donors (Lipinski definition) is 0. The molecule has 4 nitrogen and oxygen atoms in total. The zero-order valence-electron chi connectivity index (χ0n) is 12.1. The molecule has 0 amide bonds. The predicted molar refractivity (Wildman–Crippen MR) is 79.9 cm³/mol. The van der Waals surface area contributed by atoms with Crippen LogP contribution in [0.15, 0.2) is 30.7 Å². The molecule has 1 aliphatic heterocycles. The molecule has 4 heteroatoms. The molecule has 0 radical (unpaired) electrons. The Bertz CT molecular complexity index is 579. The second-order valence-corrected chi connectivity index (χ2v) is 5.56. The maximum absolute atomic E-state index is 4.59. The zero-order chi connectivity index (χ0) is 13.9. The molecular formula is C16H20N4. The van der Waals surface area contributed by atoms with E-state index in [1.807, 2.05) is 13.1 Å². The fourth-order valence-corrected chi connectivity index (χ4v) is 2.76. The molecule has 0 aliphatic carbocycles.